The van der Waals surface area contributed by atoms with Crippen LogP contribution < -0.4 is 5.73 Å². The van der Waals surface area contributed by atoms with Crippen LogP contribution in [0.2, 0.25) is 0 Å². The molecule has 1 rings (SSSR count). The Kier molecular flexibility index (Phi) is 4.94. The summed E-state index contributed by atoms with van der Waals surface area (Å²) in [6.45, 7) is 3.94. The first kappa shape index (κ1) is 13.5. The molecule has 1 heterocycles. The van der Waals surface area contributed by atoms with Crippen molar-refractivity contribution in [2.24, 2.45) is 5.73 Å². The lowest BCUT2D eigenvalue weighted by molar-refractivity contribution is -0.135. The van der Waals surface area contributed by atoms with Gasteiger partial charge in [-0.15, -0.1) is 0 Å². The zero-order valence-corrected chi connectivity index (χ0v) is 10.5. The topological polar surface area (TPSA) is 63.4 Å². The fourth-order valence-corrected chi connectivity index (χ4v) is 1.95. The van der Waals surface area contributed by atoms with Crippen molar-refractivity contribution in [2.75, 3.05) is 0 Å². The quantitative estimate of drug-likeness (QED) is 0.790. The van der Waals surface area contributed by atoms with Gasteiger partial charge in [-0.1, -0.05) is 32.4 Å². The highest BCUT2D eigenvalue weighted by Crippen LogP contribution is 2.17. The molecule has 1 aliphatic rings. The van der Waals surface area contributed by atoms with Gasteiger partial charge in [0.1, 0.15) is 6.04 Å². The van der Waals surface area contributed by atoms with Gasteiger partial charge in [-0.05, 0) is 18.4 Å². The lowest BCUT2D eigenvalue weighted by atomic mass is 10.1. The molecule has 0 aromatic rings. The minimum atomic E-state index is -0.533. The lowest BCUT2D eigenvalue weighted by Crippen LogP contribution is -2.44. The lowest BCUT2D eigenvalue weighted by Gasteiger charge is -2.25. The number of allylic oxidation sites excluding steroid dienone is 2. The molecule has 0 spiro atoms. The van der Waals surface area contributed by atoms with Crippen LogP contribution in [0.4, 0.5) is 0 Å². The Morgan fingerprint density at radius 2 is 2.24 bits per heavy atom. The zero-order valence-electron chi connectivity index (χ0n) is 10.5. The highest BCUT2D eigenvalue weighted by atomic mass is 16.2. The first-order chi connectivity index (χ1) is 8.10. The number of hydrogen-bond donors (Lipinski definition) is 1. The first-order valence-corrected chi connectivity index (χ1v) is 6.07. The smallest absolute Gasteiger partial charge is 0.240 e. The third-order valence-electron chi connectivity index (χ3n) is 2.81. The fourth-order valence-electron chi connectivity index (χ4n) is 1.95. The van der Waals surface area contributed by atoms with Crippen LogP contribution in [0.1, 0.15) is 39.5 Å². The second-order valence-corrected chi connectivity index (χ2v) is 4.19. The van der Waals surface area contributed by atoms with E-state index in [1.807, 2.05) is 19.1 Å². The molecule has 2 N–H and O–H groups in total. The molecular weight excluding hydrogens is 216 g/mol. The van der Waals surface area contributed by atoms with Crippen LogP contribution in [0.15, 0.2) is 23.9 Å². The van der Waals surface area contributed by atoms with Crippen molar-refractivity contribution in [2.45, 2.75) is 45.6 Å². The van der Waals surface area contributed by atoms with E-state index in [0.29, 0.717) is 12.8 Å². The molecular formula is C13H20N2O2. The Bertz CT molecular complexity index is 358. The molecule has 4 heteroatoms. The summed E-state index contributed by atoms with van der Waals surface area (Å²) in [5.41, 5.74) is 6.40. The Hall–Kier alpha value is -1.58. The number of rotatable bonds is 5. The third-order valence-corrected chi connectivity index (χ3v) is 2.81. The van der Waals surface area contributed by atoms with Crippen molar-refractivity contribution >= 4 is 11.8 Å². The van der Waals surface area contributed by atoms with Gasteiger partial charge >= 0.3 is 0 Å². The molecule has 0 fully saturated rings. The number of primary amides is 1. The summed E-state index contributed by atoms with van der Waals surface area (Å²) in [6, 6.07) is -0.533. The molecule has 94 valence electrons. The van der Waals surface area contributed by atoms with E-state index in [0.717, 1.165) is 18.4 Å². The van der Waals surface area contributed by atoms with E-state index in [1.54, 1.807) is 6.20 Å². The number of nitrogens with zero attached hydrogens (tertiary/aromatic N) is 1. The van der Waals surface area contributed by atoms with Crippen LogP contribution >= 0.6 is 0 Å². The summed E-state index contributed by atoms with van der Waals surface area (Å²) in [5, 5.41) is 0. The van der Waals surface area contributed by atoms with E-state index in [9.17, 15) is 9.59 Å². The molecule has 0 saturated heterocycles. The monoisotopic (exact) mass is 236 g/mol. The maximum atomic E-state index is 11.9. The number of carbonyl (C=O) groups excluding carboxylic acids is 2. The number of amides is 2. The summed E-state index contributed by atoms with van der Waals surface area (Å²) in [5.74, 6) is -0.521. The van der Waals surface area contributed by atoms with E-state index in [2.05, 4.69) is 6.92 Å². The number of nitrogens with two attached hydrogens (primary N) is 1. The second kappa shape index (κ2) is 6.23. The SMILES string of the molecule is CCCC1=CN(C(CC)C(N)=O)C(=O)CC=C1. The van der Waals surface area contributed by atoms with Crippen LogP contribution in [0.3, 0.4) is 0 Å². The molecule has 0 radical (unpaired) electrons. The molecule has 0 aromatic heterocycles. The number of hydrogen-bond acceptors (Lipinski definition) is 2. The Morgan fingerprint density at radius 3 is 2.76 bits per heavy atom. The van der Waals surface area contributed by atoms with Crippen molar-refractivity contribution in [1.29, 1.82) is 0 Å². The summed E-state index contributed by atoms with van der Waals surface area (Å²) in [4.78, 5) is 24.7. The predicted octanol–water partition coefficient (Wildman–Crippen LogP) is 1.72. The number of carbonyl (C=O) groups is 2. The molecule has 4 nitrogen and oxygen atoms in total. The van der Waals surface area contributed by atoms with E-state index < -0.39 is 11.9 Å². The summed E-state index contributed by atoms with van der Waals surface area (Å²) in [6.07, 6.45) is 8.34. The van der Waals surface area contributed by atoms with Crippen LogP contribution in [-0.2, 0) is 9.59 Å². The van der Waals surface area contributed by atoms with Gasteiger partial charge in [-0.2, -0.15) is 0 Å². The van der Waals surface area contributed by atoms with E-state index in [4.69, 9.17) is 5.73 Å². The van der Waals surface area contributed by atoms with Crippen LogP contribution in [0.25, 0.3) is 0 Å². The molecule has 0 bridgehead atoms. The second-order valence-electron chi connectivity index (χ2n) is 4.19. The normalized spacial score (nSPS) is 17.6. The maximum Gasteiger partial charge on any atom is 0.240 e. The van der Waals surface area contributed by atoms with Gasteiger partial charge in [-0.25, -0.2) is 0 Å². The molecule has 2 amide bonds. The predicted molar refractivity (Wildman–Crippen MR) is 66.9 cm³/mol. The van der Waals surface area contributed by atoms with E-state index in [-0.39, 0.29) is 5.91 Å². The zero-order chi connectivity index (χ0) is 12.8. The third kappa shape index (κ3) is 3.44. The largest absolute Gasteiger partial charge is 0.368 e. The highest BCUT2D eigenvalue weighted by molar-refractivity contribution is 5.88. The average Bonchev–Trinajstić information content (AvgIpc) is 2.43. The molecule has 0 aliphatic carbocycles. The summed E-state index contributed by atoms with van der Waals surface area (Å²) >= 11 is 0. The Labute approximate surface area is 102 Å². The molecule has 0 saturated carbocycles. The van der Waals surface area contributed by atoms with E-state index in [1.165, 1.54) is 4.90 Å². The molecule has 1 atom stereocenters. The van der Waals surface area contributed by atoms with Crippen molar-refractivity contribution in [3.8, 4) is 0 Å². The maximum absolute atomic E-state index is 11.9. The van der Waals surface area contributed by atoms with Crippen molar-refractivity contribution < 1.29 is 9.59 Å². The van der Waals surface area contributed by atoms with Gasteiger partial charge in [-0.3, -0.25) is 9.59 Å². The highest BCUT2D eigenvalue weighted by Gasteiger charge is 2.25. The van der Waals surface area contributed by atoms with Gasteiger partial charge < -0.3 is 10.6 Å². The molecule has 1 unspecified atom stereocenters. The van der Waals surface area contributed by atoms with Gasteiger partial charge in [0, 0.05) is 12.6 Å². The van der Waals surface area contributed by atoms with Gasteiger partial charge in [0.2, 0.25) is 11.8 Å². The minimum absolute atomic E-state index is 0.0713. The Balaban J connectivity index is 2.97. The molecule has 17 heavy (non-hydrogen) atoms. The van der Waals surface area contributed by atoms with Crippen molar-refractivity contribution in [3.05, 3.63) is 23.9 Å². The molecule has 1 aliphatic heterocycles. The van der Waals surface area contributed by atoms with Crippen LogP contribution in [0, 0.1) is 0 Å². The summed E-state index contributed by atoms with van der Waals surface area (Å²) < 4.78 is 0. The van der Waals surface area contributed by atoms with Crippen LogP contribution in [0.5, 0.6) is 0 Å². The molecule has 0 aromatic carbocycles. The first-order valence-electron chi connectivity index (χ1n) is 6.07. The van der Waals surface area contributed by atoms with Gasteiger partial charge in [0.05, 0.1) is 0 Å². The standard InChI is InChI=1S/C13H20N2O2/c1-3-6-10-7-5-8-12(16)15(9-10)11(4-2)13(14)17/h5,7,9,11H,3-4,6,8H2,1-2H3,(H2,14,17). The van der Waals surface area contributed by atoms with Gasteiger partial charge in [0.15, 0.2) is 0 Å². The summed E-state index contributed by atoms with van der Waals surface area (Å²) in [7, 11) is 0. The Morgan fingerprint density at radius 1 is 1.53 bits per heavy atom. The van der Waals surface area contributed by atoms with Crippen molar-refractivity contribution in [3.63, 3.8) is 0 Å². The minimum Gasteiger partial charge on any atom is -0.368 e. The van der Waals surface area contributed by atoms with E-state index >= 15 is 0 Å². The van der Waals surface area contributed by atoms with Crippen LogP contribution in [-0.4, -0.2) is 22.8 Å². The average molecular weight is 236 g/mol. The van der Waals surface area contributed by atoms with Crippen molar-refractivity contribution in [1.82, 2.24) is 4.90 Å². The fraction of sp³-hybridized carbons (Fsp3) is 0.538. The van der Waals surface area contributed by atoms with Gasteiger partial charge in [0.25, 0.3) is 0 Å².